The molecule has 2 saturated carbocycles. The molecule has 3 aliphatic rings. The van der Waals surface area contributed by atoms with Gasteiger partial charge in [0.2, 0.25) is 17.7 Å². The Morgan fingerprint density at radius 3 is 2.31 bits per heavy atom. The molecule has 2 aromatic carbocycles. The maximum absolute atomic E-state index is 14.9. The molecule has 3 aromatic rings. The first-order valence-electron chi connectivity index (χ1n) is 13.9. The van der Waals surface area contributed by atoms with E-state index in [2.05, 4.69) is 16.4 Å². The molecule has 222 valence electrons. The van der Waals surface area contributed by atoms with Gasteiger partial charge in [-0.15, -0.1) is 0 Å². The third kappa shape index (κ3) is 5.86. The van der Waals surface area contributed by atoms with E-state index in [4.69, 9.17) is 4.42 Å². The lowest BCUT2D eigenvalue weighted by molar-refractivity contribution is -0.131. The summed E-state index contributed by atoms with van der Waals surface area (Å²) in [6, 6.07) is 14.9. The van der Waals surface area contributed by atoms with Crippen LogP contribution in [0.5, 0.6) is 0 Å². The second-order valence-electron chi connectivity index (χ2n) is 11.5. The number of oxazole rings is 1. The Kier molecular flexibility index (Phi) is 7.23. The monoisotopic (exact) mass is 600 g/mol. The zero-order valence-corrected chi connectivity index (χ0v) is 23.5. The van der Waals surface area contributed by atoms with Crippen LogP contribution in [0.3, 0.4) is 0 Å². The van der Waals surface area contributed by atoms with Gasteiger partial charge in [-0.1, -0.05) is 12.1 Å². The molecule has 1 aliphatic heterocycles. The lowest BCUT2D eigenvalue weighted by Crippen LogP contribution is -2.45. The Labute approximate surface area is 242 Å². The number of carbonyl (C=O) groups is 1. The first-order chi connectivity index (χ1) is 20.0. The third-order valence-electron chi connectivity index (χ3n) is 8.45. The molecule has 0 spiro atoms. The molecule has 1 aromatic heterocycles. The number of hydrogen-bond donors (Lipinski definition) is 3. The molecule has 42 heavy (non-hydrogen) atoms. The third-order valence-corrected chi connectivity index (χ3v) is 10.1. The van der Waals surface area contributed by atoms with Gasteiger partial charge < -0.3 is 14.6 Å². The van der Waals surface area contributed by atoms with Gasteiger partial charge in [0.05, 0.1) is 17.6 Å². The maximum Gasteiger partial charge on any atom is 0.248 e. The fraction of sp³-hybridized carbons (Fsp3) is 0.433. The molecule has 6 rings (SSSR count). The van der Waals surface area contributed by atoms with E-state index in [1.807, 2.05) is 17.0 Å². The van der Waals surface area contributed by atoms with Crippen molar-refractivity contribution < 1.29 is 31.5 Å². The van der Waals surface area contributed by atoms with Crippen molar-refractivity contribution in [3.63, 3.8) is 0 Å². The zero-order valence-electron chi connectivity index (χ0n) is 22.7. The predicted molar refractivity (Wildman–Crippen MR) is 153 cm³/mol. The first kappa shape index (κ1) is 28.6. The van der Waals surface area contributed by atoms with Gasteiger partial charge in [-0.05, 0) is 55.7 Å². The summed E-state index contributed by atoms with van der Waals surface area (Å²) >= 11 is 0. The number of halogens is 3. The van der Waals surface area contributed by atoms with Crippen molar-refractivity contribution >= 4 is 22.2 Å². The van der Waals surface area contributed by atoms with Crippen molar-refractivity contribution in [3.05, 3.63) is 60.1 Å². The van der Waals surface area contributed by atoms with E-state index in [9.17, 15) is 32.3 Å². The average Bonchev–Trinajstić information content (AvgIpc) is 3.59. The van der Waals surface area contributed by atoms with Gasteiger partial charge in [-0.3, -0.25) is 13.9 Å². The van der Waals surface area contributed by atoms with Gasteiger partial charge in [0.15, 0.2) is 0 Å². The Hall–Kier alpha value is -3.53. The van der Waals surface area contributed by atoms with Gasteiger partial charge in [0.25, 0.3) is 0 Å². The van der Waals surface area contributed by atoms with Crippen LogP contribution < -0.4 is 10.2 Å². The number of anilines is 1. The van der Waals surface area contributed by atoms with E-state index in [-0.39, 0.29) is 29.6 Å². The van der Waals surface area contributed by atoms with Crippen LogP contribution in [0.2, 0.25) is 0 Å². The van der Waals surface area contributed by atoms with Crippen molar-refractivity contribution in [1.29, 1.82) is 5.26 Å². The van der Waals surface area contributed by atoms with Gasteiger partial charge >= 0.3 is 0 Å². The van der Waals surface area contributed by atoms with E-state index in [1.165, 1.54) is 24.3 Å². The number of alkyl halides is 2. The highest BCUT2D eigenvalue weighted by molar-refractivity contribution is 8.24. The van der Waals surface area contributed by atoms with Gasteiger partial charge in [0, 0.05) is 54.6 Å². The minimum Gasteiger partial charge on any atom is -0.440 e. The lowest BCUT2D eigenvalue weighted by Gasteiger charge is -2.41. The van der Waals surface area contributed by atoms with Crippen molar-refractivity contribution in [2.24, 2.45) is 5.92 Å². The minimum atomic E-state index is -3.03. The van der Waals surface area contributed by atoms with Crippen LogP contribution in [0.25, 0.3) is 22.7 Å². The topological polar surface area (TPSA) is 123 Å². The van der Waals surface area contributed by atoms with Crippen molar-refractivity contribution in [3.8, 4) is 28.8 Å². The number of nitrogens with zero attached hydrogens (tertiary/aromatic N) is 3. The summed E-state index contributed by atoms with van der Waals surface area (Å²) in [5.74, 6) is -4.94. The Balaban J connectivity index is 1.37. The molecular formula is C30H31F3N4O4S. The molecule has 0 unspecified atom stereocenters. The number of hydrogen-bond acceptors (Lipinski definition) is 7. The van der Waals surface area contributed by atoms with Gasteiger partial charge in [0.1, 0.15) is 22.8 Å². The summed E-state index contributed by atoms with van der Waals surface area (Å²) in [6.07, 6.45) is -0.108. The molecule has 8 nitrogen and oxygen atoms in total. The zero-order chi connectivity index (χ0) is 29.7. The van der Waals surface area contributed by atoms with Crippen LogP contribution >= 0.6 is 10.6 Å². The number of aromatic nitrogens is 1. The van der Waals surface area contributed by atoms with Crippen molar-refractivity contribution in [2.45, 2.75) is 49.5 Å². The van der Waals surface area contributed by atoms with Crippen LogP contribution in [0.4, 0.5) is 18.9 Å². The second kappa shape index (κ2) is 10.6. The highest BCUT2D eigenvalue weighted by Gasteiger charge is 2.51. The van der Waals surface area contributed by atoms with Gasteiger partial charge in [-0.25, -0.2) is 18.2 Å². The number of benzene rings is 2. The summed E-state index contributed by atoms with van der Waals surface area (Å²) in [5, 5.41) is 12.3. The smallest absolute Gasteiger partial charge is 0.248 e. The molecule has 0 bridgehead atoms. The quantitative estimate of drug-likeness (QED) is 0.299. The summed E-state index contributed by atoms with van der Waals surface area (Å²) in [7, 11) is -2.55. The number of nitriles is 1. The SMILES string of the molecule is N#CC1(NC(=O)[C@@H]2CCC(F)(F)C[C@H]2c2oc(-c3ccc(F)cc3)nc2-c2ccc(N3CCS(O)(O)CC3)cc2)CC1. The Morgan fingerprint density at radius 2 is 1.69 bits per heavy atom. The number of carbonyl (C=O) groups excluding carboxylic acids is 1. The van der Waals surface area contributed by atoms with Crippen LogP contribution in [0, 0.1) is 23.1 Å². The molecule has 12 heteroatoms. The average molecular weight is 601 g/mol. The Bertz CT molecular complexity index is 1510. The Morgan fingerprint density at radius 1 is 1.05 bits per heavy atom. The minimum absolute atomic E-state index is 0.0792. The van der Waals surface area contributed by atoms with E-state index in [1.54, 1.807) is 12.1 Å². The largest absolute Gasteiger partial charge is 0.440 e. The normalized spacial score (nSPS) is 24.8. The lowest BCUT2D eigenvalue weighted by atomic mass is 9.74. The van der Waals surface area contributed by atoms with Crippen molar-refractivity contribution in [1.82, 2.24) is 10.3 Å². The van der Waals surface area contributed by atoms with E-state index >= 15 is 0 Å². The number of nitrogens with one attached hydrogen (secondary N) is 1. The molecule has 3 N–H and O–H groups in total. The molecular weight excluding hydrogens is 569 g/mol. The van der Waals surface area contributed by atoms with E-state index in [0.29, 0.717) is 42.8 Å². The molecule has 2 aliphatic carbocycles. The number of amides is 1. The molecule has 2 atom stereocenters. The molecule has 1 saturated heterocycles. The maximum atomic E-state index is 14.9. The molecule has 0 radical (unpaired) electrons. The molecule has 1 amide bonds. The highest BCUT2D eigenvalue weighted by Crippen LogP contribution is 2.49. The van der Waals surface area contributed by atoms with Crippen molar-refractivity contribution in [2.75, 3.05) is 29.5 Å². The van der Waals surface area contributed by atoms with Crippen LogP contribution in [0.1, 0.15) is 43.8 Å². The van der Waals surface area contributed by atoms with E-state index in [0.717, 1.165) is 5.69 Å². The summed E-state index contributed by atoms with van der Waals surface area (Å²) in [4.78, 5) is 20.1. The highest BCUT2D eigenvalue weighted by atomic mass is 32.3. The van der Waals surface area contributed by atoms with Crippen LogP contribution in [0.15, 0.2) is 52.9 Å². The fourth-order valence-corrected chi connectivity index (χ4v) is 6.99. The first-order valence-corrected chi connectivity index (χ1v) is 15.8. The predicted octanol–water partition coefficient (Wildman–Crippen LogP) is 6.41. The summed E-state index contributed by atoms with van der Waals surface area (Å²) in [5.41, 5.74) is 1.29. The van der Waals surface area contributed by atoms with E-state index < -0.39 is 58.5 Å². The summed E-state index contributed by atoms with van der Waals surface area (Å²) in [6.45, 7) is 0.980. The molecule has 2 heterocycles. The molecule has 3 fully saturated rings. The van der Waals surface area contributed by atoms with Crippen LogP contribution in [-0.2, 0) is 4.79 Å². The van der Waals surface area contributed by atoms with Gasteiger partial charge in [-0.2, -0.15) is 15.9 Å². The number of rotatable bonds is 6. The second-order valence-corrected chi connectivity index (χ2v) is 13.9. The van der Waals surface area contributed by atoms with Crippen LogP contribution in [-0.4, -0.2) is 56.1 Å². The summed E-state index contributed by atoms with van der Waals surface area (Å²) < 4.78 is 69.5. The fourth-order valence-electron chi connectivity index (χ4n) is 5.76. The standard InChI is InChI=1S/C30H31F3N4O4S/c31-21-5-1-20(2-6-21)28-35-25(19-3-7-22(8-4-19)37-13-15-42(39,40)16-14-37)26(41-28)24-17-30(32,33)10-9-23(24)27(38)36-29(18-34)11-12-29/h1-8,23-24,39-40H,9-17H2,(H,36,38)/t23-,24-/m1/s1.